The Labute approximate surface area is 209 Å². The van der Waals surface area contributed by atoms with Crippen LogP contribution in [0.3, 0.4) is 0 Å². The molecule has 2 rings (SSSR count). The maximum absolute atomic E-state index is 11.6. The van der Waals surface area contributed by atoms with E-state index in [0.29, 0.717) is 30.4 Å². The molecule has 7 nitrogen and oxygen atoms in total. The summed E-state index contributed by atoms with van der Waals surface area (Å²) >= 11 is 3.27. The van der Waals surface area contributed by atoms with Gasteiger partial charge in [0.2, 0.25) is 0 Å². The highest BCUT2D eigenvalue weighted by Crippen LogP contribution is 2.16. The summed E-state index contributed by atoms with van der Waals surface area (Å²) in [6.07, 6.45) is 1.66. The molecule has 0 aliphatic heterocycles. The monoisotopic (exact) mass is 538 g/mol. The van der Waals surface area contributed by atoms with E-state index in [2.05, 4.69) is 15.9 Å². The van der Waals surface area contributed by atoms with Crippen molar-refractivity contribution in [2.75, 3.05) is 25.2 Å². The standard InChI is InChI=1S/C13H17BrO3.C13H18O4/c2*1-13(16,7-9-14)8-10-17-12(15)11-5-3-2-4-6-11/h2-6,16H,7-10H2,1H3;2-6,14,16H,7-10H2,1H3. The van der Waals surface area contributed by atoms with Gasteiger partial charge in [-0.05, 0) is 51.0 Å². The van der Waals surface area contributed by atoms with Crippen LogP contribution in [0.15, 0.2) is 60.7 Å². The molecule has 8 heteroatoms. The molecule has 2 aromatic carbocycles. The molecule has 0 bridgehead atoms. The van der Waals surface area contributed by atoms with Crippen LogP contribution in [0.25, 0.3) is 0 Å². The summed E-state index contributed by atoms with van der Waals surface area (Å²) < 4.78 is 10.1. The van der Waals surface area contributed by atoms with Crippen LogP contribution in [0.2, 0.25) is 0 Å². The van der Waals surface area contributed by atoms with Crippen LogP contribution in [0.5, 0.6) is 0 Å². The quantitative estimate of drug-likeness (QED) is 0.275. The van der Waals surface area contributed by atoms with E-state index in [4.69, 9.17) is 14.6 Å². The Kier molecular flexibility index (Phi) is 13.7. The summed E-state index contributed by atoms with van der Waals surface area (Å²) in [5.74, 6) is -0.745. The average Bonchev–Trinajstić information content (AvgIpc) is 2.80. The molecule has 0 aliphatic carbocycles. The van der Waals surface area contributed by atoms with Crippen LogP contribution in [-0.2, 0) is 9.47 Å². The molecule has 2 aromatic rings. The minimum absolute atomic E-state index is 0.0837. The van der Waals surface area contributed by atoms with Crippen LogP contribution in [0.4, 0.5) is 0 Å². The molecule has 0 spiro atoms. The van der Waals surface area contributed by atoms with Gasteiger partial charge in [0, 0.05) is 24.8 Å². The van der Waals surface area contributed by atoms with E-state index in [9.17, 15) is 19.8 Å². The highest BCUT2D eigenvalue weighted by molar-refractivity contribution is 9.09. The van der Waals surface area contributed by atoms with Gasteiger partial charge in [-0.2, -0.15) is 0 Å². The first-order chi connectivity index (χ1) is 16.1. The molecule has 0 saturated carbocycles. The number of halogens is 1. The molecule has 0 fully saturated rings. The number of hydrogen-bond donors (Lipinski definition) is 3. The van der Waals surface area contributed by atoms with E-state index in [0.717, 1.165) is 5.33 Å². The summed E-state index contributed by atoms with van der Waals surface area (Å²) in [5.41, 5.74) is -0.756. The fraction of sp³-hybridized carbons (Fsp3) is 0.462. The summed E-state index contributed by atoms with van der Waals surface area (Å²) in [7, 11) is 0. The SMILES string of the molecule is CC(O)(CCBr)CCOC(=O)c1ccccc1.CC(O)(CCO)CCOC(=O)c1ccccc1. The van der Waals surface area contributed by atoms with Crippen LogP contribution >= 0.6 is 15.9 Å². The molecule has 0 saturated heterocycles. The highest BCUT2D eigenvalue weighted by atomic mass is 79.9. The van der Waals surface area contributed by atoms with E-state index >= 15 is 0 Å². The average molecular weight is 539 g/mol. The van der Waals surface area contributed by atoms with Gasteiger partial charge in [0.1, 0.15) is 0 Å². The smallest absolute Gasteiger partial charge is 0.338 e. The van der Waals surface area contributed by atoms with Crippen molar-refractivity contribution < 1.29 is 34.4 Å². The Bertz CT molecular complexity index is 767. The van der Waals surface area contributed by atoms with Gasteiger partial charge in [0.05, 0.1) is 35.5 Å². The summed E-state index contributed by atoms with van der Waals surface area (Å²) in [6.45, 7) is 3.64. The van der Waals surface area contributed by atoms with Crippen molar-refractivity contribution in [2.24, 2.45) is 0 Å². The lowest BCUT2D eigenvalue weighted by atomic mass is 9.99. The molecule has 3 N–H and O–H groups in total. The van der Waals surface area contributed by atoms with Crippen molar-refractivity contribution in [2.45, 2.75) is 50.7 Å². The number of aliphatic hydroxyl groups is 3. The number of aliphatic hydroxyl groups excluding tert-OH is 1. The lowest BCUT2D eigenvalue weighted by Crippen LogP contribution is -2.28. The second-order valence-electron chi connectivity index (χ2n) is 8.41. The molecular formula is C26H35BrO7. The molecule has 0 heterocycles. The minimum Gasteiger partial charge on any atom is -0.462 e. The molecule has 2 atom stereocenters. The topological polar surface area (TPSA) is 113 Å². The number of benzene rings is 2. The van der Waals surface area contributed by atoms with E-state index in [1.54, 1.807) is 62.4 Å². The Balaban J connectivity index is 0.000000340. The van der Waals surface area contributed by atoms with Crippen molar-refractivity contribution in [3.05, 3.63) is 71.8 Å². The molecular weight excluding hydrogens is 504 g/mol. The van der Waals surface area contributed by atoms with Gasteiger partial charge in [-0.25, -0.2) is 9.59 Å². The Hall–Kier alpha value is -2.26. The third-order valence-corrected chi connectivity index (χ3v) is 5.45. The Morgan fingerprint density at radius 1 is 0.735 bits per heavy atom. The van der Waals surface area contributed by atoms with Crippen molar-refractivity contribution in [1.82, 2.24) is 0 Å². The second kappa shape index (κ2) is 15.6. The molecule has 34 heavy (non-hydrogen) atoms. The number of hydrogen-bond acceptors (Lipinski definition) is 7. The van der Waals surface area contributed by atoms with Crippen LogP contribution in [0, 0.1) is 0 Å². The summed E-state index contributed by atoms with van der Waals surface area (Å²) in [6, 6.07) is 17.5. The molecule has 0 aromatic heterocycles. The fourth-order valence-electron chi connectivity index (χ4n) is 2.74. The van der Waals surface area contributed by atoms with E-state index in [1.165, 1.54) is 0 Å². The third-order valence-electron chi connectivity index (χ3n) is 5.05. The zero-order chi connectivity index (χ0) is 25.5. The zero-order valence-electron chi connectivity index (χ0n) is 19.8. The van der Waals surface area contributed by atoms with Crippen LogP contribution in [0.1, 0.15) is 60.2 Å². The molecule has 0 aliphatic rings. The third kappa shape index (κ3) is 12.8. The van der Waals surface area contributed by atoms with Gasteiger partial charge in [-0.1, -0.05) is 52.3 Å². The molecule has 0 radical (unpaired) electrons. The minimum atomic E-state index is -0.994. The van der Waals surface area contributed by atoms with Gasteiger partial charge >= 0.3 is 11.9 Å². The van der Waals surface area contributed by atoms with E-state index in [1.807, 2.05) is 12.1 Å². The number of esters is 2. The van der Waals surface area contributed by atoms with Crippen molar-refractivity contribution in [1.29, 1.82) is 0 Å². The Morgan fingerprint density at radius 2 is 1.12 bits per heavy atom. The maximum Gasteiger partial charge on any atom is 0.338 e. The number of ether oxygens (including phenoxy) is 2. The number of carbonyl (C=O) groups excluding carboxylic acids is 2. The van der Waals surface area contributed by atoms with Crippen molar-refractivity contribution >= 4 is 27.9 Å². The lowest BCUT2D eigenvalue weighted by molar-refractivity contribution is 0.000772. The molecule has 0 amide bonds. The second-order valence-corrected chi connectivity index (χ2v) is 9.20. The van der Waals surface area contributed by atoms with Gasteiger partial charge in [-0.3, -0.25) is 0 Å². The van der Waals surface area contributed by atoms with Crippen molar-refractivity contribution in [3.8, 4) is 0 Å². The van der Waals surface area contributed by atoms with Crippen LogP contribution in [-0.4, -0.2) is 63.6 Å². The van der Waals surface area contributed by atoms with Gasteiger partial charge in [0.15, 0.2) is 0 Å². The van der Waals surface area contributed by atoms with Crippen LogP contribution < -0.4 is 0 Å². The number of carbonyl (C=O) groups is 2. The Morgan fingerprint density at radius 3 is 1.47 bits per heavy atom. The molecule has 188 valence electrons. The first kappa shape index (κ1) is 29.8. The summed E-state index contributed by atoms with van der Waals surface area (Å²) in [5, 5.41) is 29.1. The predicted octanol–water partition coefficient (Wildman–Crippen LogP) is 4.14. The van der Waals surface area contributed by atoms with E-state index < -0.39 is 17.2 Å². The lowest BCUT2D eigenvalue weighted by Gasteiger charge is -2.21. The highest BCUT2D eigenvalue weighted by Gasteiger charge is 2.21. The molecule has 2 unspecified atom stereocenters. The zero-order valence-corrected chi connectivity index (χ0v) is 21.4. The number of alkyl halides is 1. The van der Waals surface area contributed by atoms with Gasteiger partial charge in [-0.15, -0.1) is 0 Å². The number of rotatable bonds is 12. The predicted molar refractivity (Wildman–Crippen MR) is 134 cm³/mol. The van der Waals surface area contributed by atoms with Gasteiger partial charge < -0.3 is 24.8 Å². The largest absolute Gasteiger partial charge is 0.462 e. The first-order valence-electron chi connectivity index (χ1n) is 11.2. The maximum atomic E-state index is 11.6. The van der Waals surface area contributed by atoms with Gasteiger partial charge in [0.25, 0.3) is 0 Å². The fourth-order valence-corrected chi connectivity index (χ4v) is 3.59. The first-order valence-corrected chi connectivity index (χ1v) is 12.3. The summed E-state index contributed by atoms with van der Waals surface area (Å²) in [4.78, 5) is 23.1. The van der Waals surface area contributed by atoms with Crippen molar-refractivity contribution in [3.63, 3.8) is 0 Å². The van der Waals surface area contributed by atoms with E-state index in [-0.39, 0.29) is 32.2 Å². The normalized spacial score (nSPS) is 14.1.